The summed E-state index contributed by atoms with van der Waals surface area (Å²) in [5, 5.41) is 22.1. The molecule has 3 aromatic carbocycles. The Morgan fingerprint density at radius 1 is 0.944 bits per heavy atom. The maximum absolute atomic E-state index is 13.2. The molecule has 1 N–H and O–H groups in total. The molecule has 0 aromatic heterocycles. The number of anilines is 1. The van der Waals surface area contributed by atoms with Gasteiger partial charge in [-0.05, 0) is 54.1 Å². The van der Waals surface area contributed by atoms with Crippen LogP contribution in [0, 0.1) is 10.1 Å². The van der Waals surface area contributed by atoms with Crippen molar-refractivity contribution in [2.24, 2.45) is 0 Å². The van der Waals surface area contributed by atoms with Gasteiger partial charge in [-0.2, -0.15) is 0 Å². The maximum atomic E-state index is 13.2. The number of benzene rings is 3. The fourth-order valence-electron chi connectivity index (χ4n) is 3.94. The van der Waals surface area contributed by atoms with Crippen LogP contribution in [0.25, 0.3) is 5.76 Å². The van der Waals surface area contributed by atoms with Crippen LogP contribution in [0.5, 0.6) is 11.5 Å². The molecule has 4 rings (SSSR count). The fraction of sp³-hybridized carbons (Fsp3) is 0.115. The van der Waals surface area contributed by atoms with Crippen LogP contribution in [-0.2, 0) is 14.4 Å². The van der Waals surface area contributed by atoms with Crippen molar-refractivity contribution in [3.05, 3.63) is 99.6 Å². The molecule has 0 aliphatic carbocycles. The van der Waals surface area contributed by atoms with E-state index in [0.29, 0.717) is 17.0 Å². The van der Waals surface area contributed by atoms with Gasteiger partial charge in [-0.25, -0.2) is 0 Å². The van der Waals surface area contributed by atoms with Gasteiger partial charge in [-0.3, -0.25) is 29.4 Å². The van der Waals surface area contributed by atoms with Gasteiger partial charge < -0.3 is 14.6 Å². The van der Waals surface area contributed by atoms with Crippen molar-refractivity contribution in [2.45, 2.75) is 13.0 Å². The van der Waals surface area contributed by atoms with Crippen molar-refractivity contribution in [3.8, 4) is 11.5 Å². The van der Waals surface area contributed by atoms with E-state index in [1.54, 1.807) is 36.4 Å². The molecular formula is C26H20N2O8. The average molecular weight is 488 g/mol. The Labute approximate surface area is 205 Å². The summed E-state index contributed by atoms with van der Waals surface area (Å²) in [4.78, 5) is 49.3. The van der Waals surface area contributed by atoms with Crippen LogP contribution in [0.1, 0.15) is 24.1 Å². The molecule has 1 fully saturated rings. The Morgan fingerprint density at radius 3 is 2.06 bits per heavy atom. The number of ketones is 1. The zero-order chi connectivity index (χ0) is 26.0. The first-order valence-electron chi connectivity index (χ1n) is 10.7. The number of nitro benzene ring substituents is 1. The average Bonchev–Trinajstić information content (AvgIpc) is 3.14. The molecule has 36 heavy (non-hydrogen) atoms. The monoisotopic (exact) mass is 488 g/mol. The molecule has 1 aliphatic heterocycles. The molecule has 0 bridgehead atoms. The highest BCUT2D eigenvalue weighted by atomic mass is 16.6. The second-order valence-electron chi connectivity index (χ2n) is 7.83. The molecule has 0 spiro atoms. The van der Waals surface area contributed by atoms with Gasteiger partial charge in [-0.1, -0.05) is 12.1 Å². The minimum Gasteiger partial charge on any atom is -0.507 e. The van der Waals surface area contributed by atoms with Gasteiger partial charge in [-0.15, -0.1) is 0 Å². The number of carbonyl (C=O) groups is 3. The number of methoxy groups -OCH3 is 1. The van der Waals surface area contributed by atoms with Gasteiger partial charge in [0.2, 0.25) is 0 Å². The topological polar surface area (TPSA) is 136 Å². The van der Waals surface area contributed by atoms with Gasteiger partial charge in [0.1, 0.15) is 17.3 Å². The molecule has 1 atom stereocenters. The summed E-state index contributed by atoms with van der Waals surface area (Å²) >= 11 is 0. The molecule has 0 radical (unpaired) electrons. The number of aliphatic hydroxyl groups excluding tert-OH is 1. The van der Waals surface area contributed by atoms with Crippen LogP contribution in [-0.4, -0.2) is 34.8 Å². The number of aliphatic hydroxyl groups is 1. The highest BCUT2D eigenvalue weighted by molar-refractivity contribution is 6.51. The van der Waals surface area contributed by atoms with E-state index in [1.807, 2.05) is 0 Å². The van der Waals surface area contributed by atoms with Crippen molar-refractivity contribution in [1.82, 2.24) is 0 Å². The Bertz CT molecular complexity index is 1380. The summed E-state index contributed by atoms with van der Waals surface area (Å²) in [6.45, 7) is 1.26. The minimum absolute atomic E-state index is 0.134. The van der Waals surface area contributed by atoms with Crippen LogP contribution < -0.4 is 14.4 Å². The number of Topliss-reactive ketones (excluding diaryl/α,β-unsaturated/α-hetero) is 1. The molecule has 1 unspecified atom stereocenters. The highest BCUT2D eigenvalue weighted by Crippen LogP contribution is 2.42. The predicted molar refractivity (Wildman–Crippen MR) is 129 cm³/mol. The molecule has 10 nitrogen and oxygen atoms in total. The lowest BCUT2D eigenvalue weighted by atomic mass is 9.95. The van der Waals surface area contributed by atoms with Crippen molar-refractivity contribution in [2.75, 3.05) is 12.0 Å². The molecule has 3 aromatic rings. The Hall–Kier alpha value is -4.99. The van der Waals surface area contributed by atoms with E-state index >= 15 is 0 Å². The number of hydrogen-bond acceptors (Lipinski definition) is 8. The van der Waals surface area contributed by atoms with Gasteiger partial charge in [0.15, 0.2) is 0 Å². The fourth-order valence-corrected chi connectivity index (χ4v) is 3.94. The number of ether oxygens (including phenoxy) is 2. The predicted octanol–water partition coefficient (Wildman–Crippen LogP) is 4.16. The molecule has 1 heterocycles. The van der Waals surface area contributed by atoms with Gasteiger partial charge >= 0.3 is 5.97 Å². The number of non-ortho nitro benzene ring substituents is 1. The van der Waals surface area contributed by atoms with E-state index in [1.165, 1.54) is 55.3 Å². The first kappa shape index (κ1) is 24.1. The lowest BCUT2D eigenvalue weighted by Crippen LogP contribution is -2.29. The number of hydrogen-bond donors (Lipinski definition) is 1. The summed E-state index contributed by atoms with van der Waals surface area (Å²) in [5.41, 5.74) is 0.599. The van der Waals surface area contributed by atoms with E-state index in [2.05, 4.69) is 0 Å². The number of nitro groups is 1. The Balaban J connectivity index is 1.87. The third-order valence-corrected chi connectivity index (χ3v) is 5.60. The Morgan fingerprint density at radius 2 is 1.53 bits per heavy atom. The highest BCUT2D eigenvalue weighted by Gasteiger charge is 2.47. The molecule has 182 valence electrons. The summed E-state index contributed by atoms with van der Waals surface area (Å²) in [7, 11) is 1.50. The number of esters is 1. The molecule has 1 amide bonds. The lowest BCUT2D eigenvalue weighted by molar-refractivity contribution is -0.384. The number of amides is 1. The maximum Gasteiger partial charge on any atom is 0.308 e. The molecular weight excluding hydrogens is 468 g/mol. The van der Waals surface area contributed by atoms with Crippen molar-refractivity contribution >= 4 is 34.8 Å². The molecule has 1 aliphatic rings. The smallest absolute Gasteiger partial charge is 0.308 e. The van der Waals surface area contributed by atoms with Crippen LogP contribution in [0.2, 0.25) is 0 Å². The summed E-state index contributed by atoms with van der Waals surface area (Å²) in [5.74, 6) is -1.96. The first-order valence-corrected chi connectivity index (χ1v) is 10.7. The van der Waals surface area contributed by atoms with E-state index in [4.69, 9.17) is 9.47 Å². The third kappa shape index (κ3) is 4.51. The zero-order valence-electron chi connectivity index (χ0n) is 19.2. The largest absolute Gasteiger partial charge is 0.507 e. The number of carbonyl (C=O) groups excluding carboxylic acids is 3. The standard InChI is InChI=1S/C26H20N2O8/c1-15(29)36-21-11-5-16(6-12-21)23-22(24(30)17-3-7-19(8-4-17)28(33)34)25(31)26(32)27(23)18-9-13-20(35-2)14-10-18/h3-14,23,30H,1-2H3/b24-22-. The quantitative estimate of drug-likeness (QED) is 0.104. The van der Waals surface area contributed by atoms with E-state index < -0.39 is 34.4 Å². The molecule has 0 saturated carbocycles. The van der Waals surface area contributed by atoms with Crippen molar-refractivity contribution in [1.29, 1.82) is 0 Å². The second kappa shape index (κ2) is 9.71. The summed E-state index contributed by atoms with van der Waals surface area (Å²) < 4.78 is 10.2. The lowest BCUT2D eigenvalue weighted by Gasteiger charge is -2.25. The summed E-state index contributed by atoms with van der Waals surface area (Å²) in [6, 6.07) is 16.6. The number of nitrogens with zero attached hydrogens (tertiary/aromatic N) is 2. The third-order valence-electron chi connectivity index (χ3n) is 5.60. The van der Waals surface area contributed by atoms with Gasteiger partial charge in [0, 0.05) is 30.3 Å². The molecule has 1 saturated heterocycles. The summed E-state index contributed by atoms with van der Waals surface area (Å²) in [6.07, 6.45) is 0. The van der Waals surface area contributed by atoms with Crippen molar-refractivity contribution in [3.63, 3.8) is 0 Å². The van der Waals surface area contributed by atoms with Crippen LogP contribution in [0.3, 0.4) is 0 Å². The first-order chi connectivity index (χ1) is 17.2. The van der Waals surface area contributed by atoms with E-state index in [0.717, 1.165) is 0 Å². The SMILES string of the molecule is COc1ccc(N2C(=O)C(=O)/C(=C(\O)c3ccc([N+](=O)[O-])cc3)C2c2ccc(OC(C)=O)cc2)cc1. The zero-order valence-corrected chi connectivity index (χ0v) is 19.2. The van der Waals surface area contributed by atoms with Crippen LogP contribution in [0.15, 0.2) is 78.4 Å². The minimum atomic E-state index is -1.03. The second-order valence-corrected chi connectivity index (χ2v) is 7.83. The van der Waals surface area contributed by atoms with Gasteiger partial charge in [0.05, 0.1) is 23.6 Å². The van der Waals surface area contributed by atoms with Crippen molar-refractivity contribution < 1.29 is 33.9 Å². The van der Waals surface area contributed by atoms with E-state index in [9.17, 15) is 29.6 Å². The van der Waals surface area contributed by atoms with E-state index in [-0.39, 0.29) is 22.6 Å². The van der Waals surface area contributed by atoms with Crippen LogP contribution >= 0.6 is 0 Å². The van der Waals surface area contributed by atoms with Gasteiger partial charge in [0.25, 0.3) is 17.4 Å². The normalized spacial score (nSPS) is 16.6. The number of rotatable bonds is 6. The van der Waals surface area contributed by atoms with Crippen LogP contribution in [0.4, 0.5) is 11.4 Å². The Kier molecular flexibility index (Phi) is 6.51. The molecule has 10 heteroatoms.